The molecule has 0 saturated heterocycles. The second-order valence-electron chi connectivity index (χ2n) is 5.92. The minimum absolute atomic E-state index is 0. The van der Waals surface area contributed by atoms with Gasteiger partial charge in [-0.05, 0) is 27.7 Å². The van der Waals surface area contributed by atoms with Crippen molar-refractivity contribution >= 4 is 12.4 Å². The zero-order valence-electron chi connectivity index (χ0n) is 13.6. The molecule has 0 saturated carbocycles. The first-order valence-electron chi connectivity index (χ1n) is 7.37. The molecule has 0 bridgehead atoms. The fourth-order valence-corrected chi connectivity index (χ4v) is 2.29. The van der Waals surface area contributed by atoms with Crippen molar-refractivity contribution in [1.82, 2.24) is 9.80 Å². The Hall–Kier alpha value is 0.0500. The van der Waals surface area contributed by atoms with Crippen molar-refractivity contribution in [1.29, 1.82) is 0 Å². The Bertz CT molecular complexity index is 197. The normalized spacial score (nSPS) is 17.4. The van der Waals surface area contributed by atoms with Gasteiger partial charge in [0.25, 0.3) is 0 Å². The molecule has 4 N–H and O–H groups in total. The summed E-state index contributed by atoms with van der Waals surface area (Å²) in [7, 11) is 0. The second-order valence-corrected chi connectivity index (χ2v) is 5.92. The molecule has 4 atom stereocenters. The van der Waals surface area contributed by atoms with E-state index in [4.69, 9.17) is 0 Å². The van der Waals surface area contributed by atoms with Crippen molar-refractivity contribution in [3.05, 3.63) is 0 Å². The number of hydrogen-bond acceptors (Lipinski definition) is 6. The van der Waals surface area contributed by atoms with Crippen LogP contribution in [0.3, 0.4) is 0 Å². The number of aliphatic hydroxyl groups excluding tert-OH is 4. The Kier molecular flexibility index (Phi) is 14.0. The van der Waals surface area contributed by atoms with Crippen molar-refractivity contribution in [2.75, 3.05) is 39.3 Å². The summed E-state index contributed by atoms with van der Waals surface area (Å²) in [5.74, 6) is 0. The Morgan fingerprint density at radius 1 is 0.571 bits per heavy atom. The average molecular weight is 329 g/mol. The lowest BCUT2D eigenvalue weighted by atomic mass is 10.2. The Balaban J connectivity index is 0. The molecule has 21 heavy (non-hydrogen) atoms. The maximum atomic E-state index is 9.47. The molecule has 0 aromatic carbocycles. The molecular formula is C14H33ClN2O4. The Morgan fingerprint density at radius 3 is 0.905 bits per heavy atom. The van der Waals surface area contributed by atoms with Crippen LogP contribution in [0.4, 0.5) is 0 Å². The molecule has 0 amide bonds. The van der Waals surface area contributed by atoms with Crippen LogP contribution in [0.2, 0.25) is 0 Å². The van der Waals surface area contributed by atoms with Gasteiger partial charge in [-0.1, -0.05) is 0 Å². The first-order valence-corrected chi connectivity index (χ1v) is 7.37. The molecule has 0 aliphatic carbocycles. The van der Waals surface area contributed by atoms with Gasteiger partial charge in [0.2, 0.25) is 0 Å². The van der Waals surface area contributed by atoms with Crippen LogP contribution in [0.1, 0.15) is 27.7 Å². The smallest absolute Gasteiger partial charge is 0.0639 e. The van der Waals surface area contributed by atoms with Crippen molar-refractivity contribution in [2.45, 2.75) is 52.1 Å². The minimum atomic E-state index is -0.448. The van der Waals surface area contributed by atoms with E-state index in [1.165, 1.54) is 0 Å². The highest BCUT2D eigenvalue weighted by Gasteiger charge is 2.15. The zero-order valence-corrected chi connectivity index (χ0v) is 14.5. The molecule has 0 aromatic heterocycles. The topological polar surface area (TPSA) is 87.4 Å². The lowest BCUT2D eigenvalue weighted by molar-refractivity contribution is 0.0542. The monoisotopic (exact) mass is 328 g/mol. The summed E-state index contributed by atoms with van der Waals surface area (Å²) in [5, 5.41) is 37.9. The maximum Gasteiger partial charge on any atom is 0.0639 e. The highest BCUT2D eigenvalue weighted by atomic mass is 35.5. The van der Waals surface area contributed by atoms with Gasteiger partial charge in [-0.15, -0.1) is 12.4 Å². The van der Waals surface area contributed by atoms with Crippen LogP contribution in [0, 0.1) is 0 Å². The maximum absolute atomic E-state index is 9.47. The van der Waals surface area contributed by atoms with E-state index in [-0.39, 0.29) is 12.4 Å². The molecule has 4 unspecified atom stereocenters. The number of halogens is 1. The van der Waals surface area contributed by atoms with Gasteiger partial charge in [-0.3, -0.25) is 9.80 Å². The van der Waals surface area contributed by atoms with Gasteiger partial charge in [0.15, 0.2) is 0 Å². The van der Waals surface area contributed by atoms with Gasteiger partial charge < -0.3 is 20.4 Å². The third-order valence-corrected chi connectivity index (χ3v) is 2.82. The van der Waals surface area contributed by atoms with E-state index in [2.05, 4.69) is 0 Å². The number of rotatable bonds is 11. The highest BCUT2D eigenvalue weighted by molar-refractivity contribution is 5.85. The summed E-state index contributed by atoms with van der Waals surface area (Å²) in [4.78, 5) is 3.98. The lowest BCUT2D eigenvalue weighted by Crippen LogP contribution is -2.44. The van der Waals surface area contributed by atoms with Gasteiger partial charge in [0, 0.05) is 39.3 Å². The molecule has 0 rings (SSSR count). The summed E-state index contributed by atoms with van der Waals surface area (Å²) < 4.78 is 0. The Morgan fingerprint density at radius 2 is 0.762 bits per heavy atom. The van der Waals surface area contributed by atoms with E-state index in [9.17, 15) is 20.4 Å². The molecule has 0 aliphatic rings. The van der Waals surface area contributed by atoms with E-state index in [0.29, 0.717) is 39.3 Å². The SMILES string of the molecule is CC(O)CN(CCN(CC(C)O)CC(C)O)CC(C)O.Cl. The molecular weight excluding hydrogens is 296 g/mol. The van der Waals surface area contributed by atoms with Gasteiger partial charge >= 0.3 is 0 Å². The fraction of sp³-hybridized carbons (Fsp3) is 1.00. The second kappa shape index (κ2) is 12.6. The largest absolute Gasteiger partial charge is 0.392 e. The molecule has 0 spiro atoms. The van der Waals surface area contributed by atoms with Crippen molar-refractivity contribution < 1.29 is 20.4 Å². The predicted octanol–water partition coefficient (Wildman–Crippen LogP) is -0.465. The standard InChI is InChI=1S/C14H32N2O4.ClH/c1-11(17)7-15(8-12(2)18)5-6-16(9-13(3)19)10-14(4)20;/h11-14,17-20H,5-10H2,1-4H3;1H. The predicted molar refractivity (Wildman–Crippen MR) is 86.9 cm³/mol. The Labute approximate surface area is 134 Å². The van der Waals surface area contributed by atoms with E-state index in [1.807, 2.05) is 9.80 Å². The lowest BCUT2D eigenvalue weighted by Gasteiger charge is -2.30. The molecule has 0 aliphatic heterocycles. The van der Waals surface area contributed by atoms with Crippen LogP contribution < -0.4 is 0 Å². The molecule has 0 aromatic rings. The molecule has 0 heterocycles. The third kappa shape index (κ3) is 14.7. The molecule has 6 nitrogen and oxygen atoms in total. The van der Waals surface area contributed by atoms with Crippen molar-refractivity contribution in [3.8, 4) is 0 Å². The van der Waals surface area contributed by atoms with Gasteiger partial charge in [0.1, 0.15) is 0 Å². The van der Waals surface area contributed by atoms with Crippen molar-refractivity contribution in [2.24, 2.45) is 0 Å². The van der Waals surface area contributed by atoms with Crippen LogP contribution in [0.25, 0.3) is 0 Å². The van der Waals surface area contributed by atoms with Crippen LogP contribution in [0.15, 0.2) is 0 Å². The van der Waals surface area contributed by atoms with E-state index in [0.717, 1.165) is 0 Å². The van der Waals surface area contributed by atoms with Gasteiger partial charge in [0.05, 0.1) is 24.4 Å². The van der Waals surface area contributed by atoms with Crippen LogP contribution in [0.5, 0.6) is 0 Å². The highest BCUT2D eigenvalue weighted by Crippen LogP contribution is 2.00. The first kappa shape index (κ1) is 23.3. The molecule has 7 heteroatoms. The summed E-state index contributed by atoms with van der Waals surface area (Å²) in [6.07, 6.45) is -1.79. The summed E-state index contributed by atoms with van der Waals surface area (Å²) in [5.41, 5.74) is 0. The van der Waals surface area contributed by atoms with Crippen LogP contribution >= 0.6 is 12.4 Å². The third-order valence-electron chi connectivity index (χ3n) is 2.82. The molecule has 0 fully saturated rings. The van der Waals surface area contributed by atoms with E-state index < -0.39 is 24.4 Å². The molecule has 0 radical (unpaired) electrons. The number of aliphatic hydroxyl groups is 4. The quantitative estimate of drug-likeness (QED) is 0.410. The number of nitrogens with zero attached hydrogens (tertiary/aromatic N) is 2. The number of hydrogen-bond donors (Lipinski definition) is 4. The summed E-state index contributed by atoms with van der Waals surface area (Å²) in [6, 6.07) is 0. The first-order chi connectivity index (χ1) is 9.20. The van der Waals surface area contributed by atoms with E-state index >= 15 is 0 Å². The summed E-state index contributed by atoms with van der Waals surface area (Å²) >= 11 is 0. The minimum Gasteiger partial charge on any atom is -0.392 e. The van der Waals surface area contributed by atoms with E-state index in [1.54, 1.807) is 27.7 Å². The fourth-order valence-electron chi connectivity index (χ4n) is 2.29. The van der Waals surface area contributed by atoms with Crippen molar-refractivity contribution in [3.63, 3.8) is 0 Å². The van der Waals surface area contributed by atoms with Crippen LogP contribution in [-0.4, -0.2) is 93.9 Å². The van der Waals surface area contributed by atoms with Crippen LogP contribution in [-0.2, 0) is 0 Å². The summed E-state index contributed by atoms with van der Waals surface area (Å²) in [6.45, 7) is 10.2. The zero-order chi connectivity index (χ0) is 15.7. The van der Waals surface area contributed by atoms with Gasteiger partial charge in [-0.25, -0.2) is 0 Å². The van der Waals surface area contributed by atoms with Gasteiger partial charge in [-0.2, -0.15) is 0 Å². The average Bonchev–Trinajstić information content (AvgIpc) is 2.22. The molecule has 130 valence electrons.